The van der Waals surface area contributed by atoms with Gasteiger partial charge in [0.2, 0.25) is 10.0 Å². The Balaban J connectivity index is 1.17. The lowest BCUT2D eigenvalue weighted by molar-refractivity contribution is -0.0577. The second-order valence-corrected chi connectivity index (χ2v) is 18.6. The van der Waals surface area contributed by atoms with E-state index in [0.29, 0.717) is 24.2 Å². The van der Waals surface area contributed by atoms with Gasteiger partial charge in [0.05, 0.1) is 4.90 Å². The van der Waals surface area contributed by atoms with Crippen LogP contribution in [-0.2, 0) is 14.8 Å². The summed E-state index contributed by atoms with van der Waals surface area (Å²) in [5.74, 6) is 4.89. The first-order chi connectivity index (χ1) is 22.3. The normalized spacial score (nSPS) is 32.7. The molecule has 5 rings (SSSR count). The number of hydrogen-bond acceptors (Lipinski definition) is 4. The number of sulfonamides is 1. The molecule has 0 unspecified atom stereocenters. The number of amides is 1. The Hall–Kier alpha value is -1.86. The van der Waals surface area contributed by atoms with E-state index in [2.05, 4.69) is 46.0 Å². The summed E-state index contributed by atoms with van der Waals surface area (Å²) in [5.41, 5.74) is 2.76. The van der Waals surface area contributed by atoms with Crippen molar-refractivity contribution in [2.24, 2.45) is 46.3 Å². The molecule has 4 aliphatic rings. The minimum atomic E-state index is -3.56. The molecule has 6 nitrogen and oxygen atoms in total. The largest absolute Gasteiger partial charge is 0.446 e. The molecule has 0 radical (unpaired) electrons. The van der Waals surface area contributed by atoms with Gasteiger partial charge in [0.1, 0.15) is 6.10 Å². The molecule has 4 aliphatic carbocycles. The summed E-state index contributed by atoms with van der Waals surface area (Å²) in [7, 11) is -3.56. The highest BCUT2D eigenvalue weighted by molar-refractivity contribution is 7.89. The summed E-state index contributed by atoms with van der Waals surface area (Å²) < 4.78 is 33.7. The zero-order chi connectivity index (χ0) is 34.0. The quantitative estimate of drug-likeness (QED) is 0.212. The number of carbonyl (C=O) groups is 1. The Morgan fingerprint density at radius 2 is 1.66 bits per heavy atom. The molecule has 0 heterocycles. The molecule has 3 fully saturated rings. The average molecular weight is 669 g/mol. The molecule has 47 heavy (non-hydrogen) atoms. The van der Waals surface area contributed by atoms with Crippen molar-refractivity contribution in [3.63, 3.8) is 0 Å². The number of benzene rings is 1. The number of allylic oxidation sites excluding steroid dienone is 1. The summed E-state index contributed by atoms with van der Waals surface area (Å²) in [4.78, 5) is 13.2. The Labute approximate surface area is 286 Å². The van der Waals surface area contributed by atoms with Crippen LogP contribution in [0.2, 0.25) is 0 Å². The molecule has 0 aliphatic heterocycles. The van der Waals surface area contributed by atoms with Crippen LogP contribution in [-0.4, -0.2) is 38.0 Å². The third-order valence-corrected chi connectivity index (χ3v) is 15.1. The van der Waals surface area contributed by atoms with E-state index in [4.69, 9.17) is 4.74 Å². The number of nitrogens with one attached hydrogen (secondary N) is 1. The van der Waals surface area contributed by atoms with Crippen molar-refractivity contribution in [2.75, 3.05) is 18.4 Å². The molecule has 1 aromatic rings. The number of ether oxygens (including phenoxy) is 1. The Bertz CT molecular complexity index is 1350. The lowest BCUT2D eigenvalue weighted by atomic mass is 9.47. The van der Waals surface area contributed by atoms with Crippen molar-refractivity contribution in [2.45, 2.75) is 143 Å². The number of rotatable bonds is 13. The van der Waals surface area contributed by atoms with E-state index in [9.17, 15) is 13.2 Å². The van der Waals surface area contributed by atoms with Crippen molar-refractivity contribution in [1.29, 1.82) is 0 Å². The van der Waals surface area contributed by atoms with E-state index >= 15 is 0 Å². The molecule has 264 valence electrons. The van der Waals surface area contributed by atoms with E-state index in [-0.39, 0.29) is 16.4 Å². The summed E-state index contributed by atoms with van der Waals surface area (Å²) in [5, 5.41) is 2.85. The minimum absolute atomic E-state index is 0.126. The van der Waals surface area contributed by atoms with Crippen molar-refractivity contribution in [3.8, 4) is 0 Å². The van der Waals surface area contributed by atoms with Gasteiger partial charge in [0.15, 0.2) is 0 Å². The summed E-state index contributed by atoms with van der Waals surface area (Å²) in [6.45, 7) is 17.4. The topological polar surface area (TPSA) is 75.7 Å². The first kappa shape index (κ1) is 36.4. The number of nitrogens with zero attached hydrogens (tertiary/aromatic N) is 1. The van der Waals surface area contributed by atoms with Crippen LogP contribution in [0.4, 0.5) is 10.5 Å². The fourth-order valence-electron chi connectivity index (χ4n) is 10.8. The van der Waals surface area contributed by atoms with Gasteiger partial charge in [0.25, 0.3) is 0 Å². The maximum atomic E-state index is 13.1. The van der Waals surface area contributed by atoms with E-state index in [1.54, 1.807) is 24.3 Å². The zero-order valence-corrected chi connectivity index (χ0v) is 31.3. The molecule has 1 aromatic carbocycles. The third-order valence-electron chi connectivity index (χ3n) is 13.2. The number of carbonyl (C=O) groups excluding carboxylic acids is 1. The first-order valence-electron chi connectivity index (χ1n) is 19.1. The molecule has 0 saturated heterocycles. The van der Waals surface area contributed by atoms with Crippen molar-refractivity contribution in [3.05, 3.63) is 35.9 Å². The molecule has 7 heteroatoms. The van der Waals surface area contributed by atoms with Gasteiger partial charge in [-0.05, 0) is 128 Å². The van der Waals surface area contributed by atoms with Crippen molar-refractivity contribution in [1.82, 2.24) is 4.31 Å². The highest BCUT2D eigenvalue weighted by atomic mass is 32.2. The lowest BCUT2D eigenvalue weighted by Crippen LogP contribution is -2.51. The summed E-state index contributed by atoms with van der Waals surface area (Å²) in [6.07, 6.45) is 17.1. The van der Waals surface area contributed by atoms with Crippen LogP contribution < -0.4 is 5.32 Å². The molecule has 3 saturated carbocycles. The zero-order valence-electron chi connectivity index (χ0n) is 30.5. The van der Waals surface area contributed by atoms with Crippen LogP contribution in [0.3, 0.4) is 0 Å². The van der Waals surface area contributed by atoms with Crippen LogP contribution in [0.5, 0.6) is 0 Å². The Kier molecular flexibility index (Phi) is 11.6. The van der Waals surface area contributed by atoms with Crippen LogP contribution in [0.25, 0.3) is 0 Å². The van der Waals surface area contributed by atoms with Gasteiger partial charge in [-0.2, -0.15) is 4.31 Å². The molecular formula is C40H64N2O4S. The molecule has 1 N–H and O–H groups in total. The van der Waals surface area contributed by atoms with E-state index in [0.717, 1.165) is 67.6 Å². The molecule has 0 spiro atoms. The predicted octanol–water partition coefficient (Wildman–Crippen LogP) is 10.5. The van der Waals surface area contributed by atoms with Gasteiger partial charge in [-0.1, -0.05) is 79.4 Å². The maximum absolute atomic E-state index is 13.1. The molecule has 8 atom stereocenters. The van der Waals surface area contributed by atoms with Crippen LogP contribution in [0.15, 0.2) is 40.8 Å². The standard InChI is InChI=1S/C40H64N2O4S/c1-8-25-42(26-9-2)47(44,45)33-16-14-31(15-17-33)41-38(43)46-32-21-23-39(6)30(27-32)13-18-34-36-20-19-35(29(5)12-10-11-28(3)4)40(36,7)24-22-37(34)39/h13-17,28-29,32,34-37H,8-12,18-27H2,1-7H3,(H,41,43)/t29-,32-,34+,35-,36+,37+,39+,40-/m1/s1. The summed E-state index contributed by atoms with van der Waals surface area (Å²) in [6, 6.07) is 6.47. The summed E-state index contributed by atoms with van der Waals surface area (Å²) >= 11 is 0. The minimum Gasteiger partial charge on any atom is -0.446 e. The Morgan fingerprint density at radius 3 is 2.32 bits per heavy atom. The van der Waals surface area contributed by atoms with Gasteiger partial charge in [-0.3, -0.25) is 5.32 Å². The second-order valence-electron chi connectivity index (χ2n) is 16.6. The van der Waals surface area contributed by atoms with Crippen molar-refractivity contribution >= 4 is 21.8 Å². The van der Waals surface area contributed by atoms with E-state index in [1.807, 2.05) is 13.8 Å². The van der Waals surface area contributed by atoms with Gasteiger partial charge in [0, 0.05) is 25.2 Å². The third kappa shape index (κ3) is 7.51. The highest BCUT2D eigenvalue weighted by Crippen LogP contribution is 2.67. The van der Waals surface area contributed by atoms with Crippen LogP contribution in [0.1, 0.15) is 132 Å². The smallest absolute Gasteiger partial charge is 0.411 e. The monoisotopic (exact) mass is 668 g/mol. The highest BCUT2D eigenvalue weighted by Gasteiger charge is 2.59. The molecule has 0 aromatic heterocycles. The number of hydrogen-bond donors (Lipinski definition) is 1. The second kappa shape index (κ2) is 14.9. The SMILES string of the molecule is CCCN(CCC)S(=O)(=O)c1ccc(NC(=O)O[C@@H]2CC[C@@]3(C)C(=CC[C@H]4[C@@H]5CC[C@H]([C@H](C)CCCC(C)C)[C@@]5(C)CC[C@@H]43)C2)cc1. The lowest BCUT2D eigenvalue weighted by Gasteiger charge is -2.58. The van der Waals surface area contributed by atoms with E-state index < -0.39 is 16.1 Å². The molecule has 0 bridgehead atoms. The van der Waals surface area contributed by atoms with E-state index in [1.165, 1.54) is 61.2 Å². The van der Waals surface area contributed by atoms with Gasteiger partial charge in [-0.15, -0.1) is 0 Å². The first-order valence-corrected chi connectivity index (χ1v) is 20.5. The van der Waals surface area contributed by atoms with Crippen LogP contribution >= 0.6 is 0 Å². The van der Waals surface area contributed by atoms with Gasteiger partial charge in [-0.25, -0.2) is 13.2 Å². The number of fused-ring (bicyclic) bond motifs is 5. The van der Waals surface area contributed by atoms with Gasteiger partial charge >= 0.3 is 6.09 Å². The maximum Gasteiger partial charge on any atom is 0.411 e. The molecular weight excluding hydrogens is 605 g/mol. The average Bonchev–Trinajstić information content (AvgIpc) is 3.38. The fraction of sp³-hybridized carbons (Fsp3) is 0.775. The van der Waals surface area contributed by atoms with Crippen molar-refractivity contribution < 1.29 is 17.9 Å². The Morgan fingerprint density at radius 1 is 0.957 bits per heavy atom. The van der Waals surface area contributed by atoms with Gasteiger partial charge < -0.3 is 4.74 Å². The van der Waals surface area contributed by atoms with Crippen LogP contribution in [0, 0.1) is 46.3 Å². The fourth-order valence-corrected chi connectivity index (χ4v) is 12.4. The predicted molar refractivity (Wildman–Crippen MR) is 193 cm³/mol. The molecule has 1 amide bonds. The number of anilines is 1.